The molecule has 0 aliphatic carbocycles. The van der Waals surface area contributed by atoms with Crippen molar-refractivity contribution in [3.05, 3.63) is 29.8 Å². The van der Waals surface area contributed by atoms with Crippen LogP contribution in [0.4, 0.5) is 0 Å². The molecule has 1 atom stereocenters. The fraction of sp³-hybridized carbons (Fsp3) is 0.650. The van der Waals surface area contributed by atoms with Gasteiger partial charge in [0.15, 0.2) is 0 Å². The van der Waals surface area contributed by atoms with E-state index in [2.05, 4.69) is 0 Å². The lowest BCUT2D eigenvalue weighted by Gasteiger charge is -2.46. The average molecular weight is 395 g/mol. The minimum atomic E-state index is -3.18. The summed E-state index contributed by atoms with van der Waals surface area (Å²) < 4.78 is 31.6. The third kappa shape index (κ3) is 4.29. The maximum Gasteiger partial charge on any atom is 0.223 e. The van der Waals surface area contributed by atoms with Crippen molar-refractivity contribution in [2.45, 2.75) is 51.0 Å². The average Bonchev–Trinajstić information content (AvgIpc) is 2.62. The Morgan fingerprint density at radius 2 is 1.85 bits per heavy atom. The van der Waals surface area contributed by atoms with Crippen LogP contribution >= 0.6 is 0 Å². The SMILES string of the molecule is CCN(CC)C(=O)C[C@H]1CC2(CCN(S(C)(=O)=O)CC2)Oc2ccccc21. The number of carbonyl (C=O) groups excluding carboxylic acids is 1. The van der Waals surface area contributed by atoms with Gasteiger partial charge in [0.05, 0.1) is 6.26 Å². The fourth-order valence-electron chi connectivity index (χ4n) is 4.37. The van der Waals surface area contributed by atoms with E-state index in [1.807, 2.05) is 43.0 Å². The molecule has 0 aromatic heterocycles. The first-order chi connectivity index (χ1) is 12.8. The van der Waals surface area contributed by atoms with Crippen molar-refractivity contribution in [2.24, 2.45) is 0 Å². The number of para-hydroxylation sites is 1. The Kier molecular flexibility index (Phi) is 5.82. The van der Waals surface area contributed by atoms with Gasteiger partial charge in [-0.1, -0.05) is 18.2 Å². The Morgan fingerprint density at radius 1 is 1.22 bits per heavy atom. The van der Waals surface area contributed by atoms with E-state index in [0.717, 1.165) is 17.7 Å². The van der Waals surface area contributed by atoms with Gasteiger partial charge in [0.25, 0.3) is 0 Å². The van der Waals surface area contributed by atoms with E-state index < -0.39 is 10.0 Å². The van der Waals surface area contributed by atoms with E-state index in [0.29, 0.717) is 45.4 Å². The monoisotopic (exact) mass is 394 g/mol. The van der Waals surface area contributed by atoms with Crippen LogP contribution in [0.2, 0.25) is 0 Å². The van der Waals surface area contributed by atoms with Gasteiger partial charge in [0, 0.05) is 51.4 Å². The highest BCUT2D eigenvalue weighted by Crippen LogP contribution is 2.46. The molecule has 0 unspecified atom stereocenters. The van der Waals surface area contributed by atoms with Crippen molar-refractivity contribution in [2.75, 3.05) is 32.4 Å². The molecule has 2 heterocycles. The number of sulfonamides is 1. The molecule has 0 N–H and O–H groups in total. The van der Waals surface area contributed by atoms with Crippen LogP contribution in [-0.2, 0) is 14.8 Å². The van der Waals surface area contributed by atoms with Crippen molar-refractivity contribution >= 4 is 15.9 Å². The molecule has 0 radical (unpaired) electrons. The number of benzene rings is 1. The van der Waals surface area contributed by atoms with Crippen LogP contribution in [0.1, 0.15) is 51.0 Å². The van der Waals surface area contributed by atoms with Gasteiger partial charge in [0.2, 0.25) is 15.9 Å². The van der Waals surface area contributed by atoms with Gasteiger partial charge < -0.3 is 9.64 Å². The standard InChI is InChI=1S/C20H30N2O4S/c1-4-21(5-2)19(23)14-16-15-20(26-18-9-7-6-8-17(16)18)10-12-22(13-11-20)27(3,24)25/h6-9,16H,4-5,10-15H2,1-3H3/t16-/m0/s1. The number of hydrogen-bond donors (Lipinski definition) is 0. The molecule has 1 spiro atoms. The van der Waals surface area contributed by atoms with E-state index in [4.69, 9.17) is 4.74 Å². The van der Waals surface area contributed by atoms with Crippen molar-refractivity contribution in [1.82, 2.24) is 9.21 Å². The minimum Gasteiger partial charge on any atom is -0.487 e. The Bertz CT molecular complexity index is 781. The Labute approximate surface area is 162 Å². The molecule has 7 heteroatoms. The number of nitrogens with zero attached hydrogens (tertiary/aromatic N) is 2. The second kappa shape index (κ2) is 7.80. The quantitative estimate of drug-likeness (QED) is 0.770. The number of ether oxygens (including phenoxy) is 1. The lowest BCUT2D eigenvalue weighted by molar-refractivity contribution is -0.131. The number of fused-ring (bicyclic) bond motifs is 1. The molecule has 0 bridgehead atoms. The summed E-state index contributed by atoms with van der Waals surface area (Å²) in [5.41, 5.74) is 0.707. The topological polar surface area (TPSA) is 66.9 Å². The second-order valence-electron chi connectivity index (χ2n) is 7.66. The second-order valence-corrected chi connectivity index (χ2v) is 9.64. The predicted octanol–water partition coefficient (Wildman–Crippen LogP) is 2.61. The highest BCUT2D eigenvalue weighted by Gasteiger charge is 2.44. The number of amides is 1. The highest BCUT2D eigenvalue weighted by molar-refractivity contribution is 7.88. The van der Waals surface area contributed by atoms with Gasteiger partial charge >= 0.3 is 0 Å². The molecule has 1 amide bonds. The summed E-state index contributed by atoms with van der Waals surface area (Å²) in [7, 11) is -3.18. The molecule has 1 fully saturated rings. The fourth-order valence-corrected chi connectivity index (χ4v) is 5.22. The van der Waals surface area contributed by atoms with Gasteiger partial charge in [-0.3, -0.25) is 4.79 Å². The van der Waals surface area contributed by atoms with E-state index in [9.17, 15) is 13.2 Å². The predicted molar refractivity (Wildman–Crippen MR) is 105 cm³/mol. The molecule has 6 nitrogen and oxygen atoms in total. The normalized spacial score (nSPS) is 22.1. The van der Waals surface area contributed by atoms with Crippen molar-refractivity contribution < 1.29 is 17.9 Å². The van der Waals surface area contributed by atoms with Crippen LogP contribution in [-0.4, -0.2) is 61.6 Å². The van der Waals surface area contributed by atoms with Crippen LogP contribution in [0.15, 0.2) is 24.3 Å². The molecule has 3 rings (SSSR count). The summed E-state index contributed by atoms with van der Waals surface area (Å²) in [4.78, 5) is 14.6. The maximum absolute atomic E-state index is 12.7. The lowest BCUT2D eigenvalue weighted by Crippen LogP contribution is -2.51. The number of hydrogen-bond acceptors (Lipinski definition) is 4. The largest absolute Gasteiger partial charge is 0.487 e. The summed E-state index contributed by atoms with van der Waals surface area (Å²) in [6, 6.07) is 7.95. The molecule has 1 saturated heterocycles. The first-order valence-electron chi connectivity index (χ1n) is 9.79. The molecule has 150 valence electrons. The van der Waals surface area contributed by atoms with Crippen LogP contribution in [0.5, 0.6) is 5.75 Å². The van der Waals surface area contributed by atoms with Crippen molar-refractivity contribution in [3.63, 3.8) is 0 Å². The molecular weight excluding hydrogens is 364 g/mol. The van der Waals surface area contributed by atoms with Crippen molar-refractivity contribution in [3.8, 4) is 5.75 Å². The van der Waals surface area contributed by atoms with Crippen LogP contribution in [0, 0.1) is 0 Å². The molecule has 1 aromatic carbocycles. The molecule has 2 aliphatic heterocycles. The number of piperidine rings is 1. The van der Waals surface area contributed by atoms with Crippen molar-refractivity contribution in [1.29, 1.82) is 0 Å². The molecule has 27 heavy (non-hydrogen) atoms. The van der Waals surface area contributed by atoms with E-state index in [-0.39, 0.29) is 17.4 Å². The van der Waals surface area contributed by atoms with Crippen LogP contribution in [0.3, 0.4) is 0 Å². The first-order valence-corrected chi connectivity index (χ1v) is 11.6. The molecule has 0 saturated carbocycles. The van der Waals surface area contributed by atoms with Gasteiger partial charge in [-0.25, -0.2) is 12.7 Å². The zero-order valence-electron chi connectivity index (χ0n) is 16.5. The zero-order chi connectivity index (χ0) is 19.7. The molecule has 2 aliphatic rings. The van der Waals surface area contributed by atoms with Gasteiger partial charge in [0.1, 0.15) is 11.4 Å². The van der Waals surface area contributed by atoms with E-state index in [1.54, 1.807) is 0 Å². The van der Waals surface area contributed by atoms with E-state index >= 15 is 0 Å². The van der Waals surface area contributed by atoms with Crippen LogP contribution < -0.4 is 4.74 Å². The first kappa shape index (κ1) is 20.1. The van der Waals surface area contributed by atoms with Gasteiger partial charge in [-0.2, -0.15) is 0 Å². The maximum atomic E-state index is 12.7. The summed E-state index contributed by atoms with van der Waals surface area (Å²) in [5.74, 6) is 1.12. The Hall–Kier alpha value is -1.60. The number of carbonyl (C=O) groups is 1. The summed E-state index contributed by atoms with van der Waals surface area (Å²) >= 11 is 0. The van der Waals surface area contributed by atoms with Crippen LogP contribution in [0.25, 0.3) is 0 Å². The lowest BCUT2D eigenvalue weighted by atomic mass is 9.76. The molecule has 1 aromatic rings. The Morgan fingerprint density at radius 3 is 2.44 bits per heavy atom. The number of rotatable bonds is 5. The smallest absolute Gasteiger partial charge is 0.223 e. The Balaban J connectivity index is 1.82. The molecular formula is C20H30N2O4S. The summed E-state index contributed by atoms with van der Waals surface area (Å²) in [6.07, 6.45) is 3.80. The van der Waals surface area contributed by atoms with Gasteiger partial charge in [-0.15, -0.1) is 0 Å². The summed E-state index contributed by atoms with van der Waals surface area (Å²) in [5, 5.41) is 0. The third-order valence-electron chi connectivity index (χ3n) is 5.94. The third-order valence-corrected chi connectivity index (χ3v) is 7.25. The van der Waals surface area contributed by atoms with E-state index in [1.165, 1.54) is 10.6 Å². The highest BCUT2D eigenvalue weighted by atomic mass is 32.2. The zero-order valence-corrected chi connectivity index (χ0v) is 17.3. The van der Waals surface area contributed by atoms with Gasteiger partial charge in [-0.05, 0) is 31.9 Å². The summed E-state index contributed by atoms with van der Waals surface area (Å²) in [6.45, 7) is 6.38. The minimum absolute atomic E-state index is 0.104.